The Morgan fingerprint density at radius 3 is 2.08 bits per heavy atom. The van der Waals surface area contributed by atoms with Gasteiger partial charge in [-0.1, -0.05) is 48.5 Å². The van der Waals surface area contributed by atoms with Crippen LogP contribution in [0.5, 0.6) is 0 Å². The number of benzene rings is 2. The van der Waals surface area contributed by atoms with Crippen molar-refractivity contribution < 1.29 is 56.6 Å². The minimum absolute atomic E-state index is 0. The van der Waals surface area contributed by atoms with Crippen molar-refractivity contribution in [3.8, 4) is 0 Å². The first-order valence-corrected chi connectivity index (χ1v) is 9.58. The van der Waals surface area contributed by atoms with Crippen LogP contribution in [0, 0.1) is 0 Å². The molecule has 0 fully saturated rings. The van der Waals surface area contributed by atoms with Gasteiger partial charge < -0.3 is 11.8 Å². The Balaban J connectivity index is 0. The van der Waals surface area contributed by atoms with E-state index in [1.165, 1.54) is 24.3 Å². The molecule has 0 aliphatic rings. The van der Waals surface area contributed by atoms with E-state index >= 15 is 0 Å². The summed E-state index contributed by atoms with van der Waals surface area (Å²) >= 11 is 0. The fourth-order valence-corrected chi connectivity index (χ4v) is 3.06. The van der Waals surface area contributed by atoms with E-state index in [9.17, 15) is 16.8 Å². The number of rotatable bonds is 6. The molecule has 136 valence electrons. The second-order valence-corrected chi connectivity index (χ2v) is 7.46. The molecule has 0 aliphatic carbocycles. The predicted octanol–water partition coefficient (Wildman–Crippen LogP) is 0.200. The summed E-state index contributed by atoms with van der Waals surface area (Å²) in [6, 6.07) is 14.4. The molecule has 2 aromatic carbocycles. The van der Waals surface area contributed by atoms with Gasteiger partial charge in [0.1, 0.15) is 11.2 Å². The van der Waals surface area contributed by atoms with Crippen molar-refractivity contribution in [2.45, 2.75) is 4.90 Å². The van der Waals surface area contributed by atoms with Crippen LogP contribution < -0.4 is 35.7 Å². The van der Waals surface area contributed by atoms with Gasteiger partial charge in [0.25, 0.3) is 10.1 Å². The number of hydrogen-bond acceptors (Lipinski definition) is 6. The third kappa shape index (κ3) is 7.83. The second kappa shape index (κ2) is 10.6. The maximum Gasteiger partial charge on any atom is 1.00 e. The fraction of sp³-hybridized carbons (Fsp3) is 0. The smallest absolute Gasteiger partial charge is 1.00 e. The molecule has 2 aromatic rings. The van der Waals surface area contributed by atoms with Gasteiger partial charge >= 0.3 is 39.7 Å². The average molecular weight is 407 g/mol. The zero-order chi connectivity index (χ0) is 17.6. The molecule has 0 saturated heterocycles. The maximum absolute atomic E-state index is 11.8. The molecule has 26 heavy (non-hydrogen) atoms. The molecule has 7 nitrogen and oxygen atoms in total. The number of hydrogen-bond donors (Lipinski definition) is 2. The predicted molar refractivity (Wildman–Crippen MR) is 96.9 cm³/mol. The first-order chi connectivity index (χ1) is 11.3. The fourth-order valence-electron chi connectivity index (χ4n) is 1.79. The molecule has 0 heterocycles. The Hall–Kier alpha value is -1.46. The average Bonchev–Trinajstić information content (AvgIpc) is 2.53. The van der Waals surface area contributed by atoms with Crippen molar-refractivity contribution in [2.24, 2.45) is 0 Å². The van der Waals surface area contributed by atoms with E-state index < -0.39 is 25.1 Å². The molecule has 0 amide bonds. The van der Waals surface area contributed by atoms with Crippen LogP contribution in [0.2, 0.25) is 0 Å². The summed E-state index contributed by atoms with van der Waals surface area (Å²) < 4.78 is 59.8. The molecule has 0 spiro atoms. The minimum atomic E-state index is -4.46. The summed E-state index contributed by atoms with van der Waals surface area (Å²) in [7, 11) is -8.51. The van der Waals surface area contributed by atoms with Crippen LogP contribution in [0.25, 0.3) is 12.2 Å². The largest absolute Gasteiger partial charge is 1.00 e. The van der Waals surface area contributed by atoms with Gasteiger partial charge in [0, 0.05) is 0 Å². The van der Waals surface area contributed by atoms with Gasteiger partial charge in [-0.15, -0.1) is 0 Å². The van der Waals surface area contributed by atoms with Crippen molar-refractivity contribution in [2.75, 3.05) is 0 Å². The summed E-state index contributed by atoms with van der Waals surface area (Å²) in [6.45, 7) is 0. The summed E-state index contributed by atoms with van der Waals surface area (Å²) in [5.41, 5.74) is 0.785. The quantitative estimate of drug-likeness (QED) is 0.302. The first-order valence-electron chi connectivity index (χ1n) is 6.67. The van der Waals surface area contributed by atoms with Crippen LogP contribution in [0.1, 0.15) is 12.6 Å². The van der Waals surface area contributed by atoms with Crippen molar-refractivity contribution in [1.29, 1.82) is 0 Å². The molecule has 0 aromatic heterocycles. The van der Waals surface area contributed by atoms with E-state index in [-0.39, 0.29) is 42.7 Å². The Labute approximate surface area is 176 Å². The molecular formula is C16H18NNaO6S2. The molecule has 0 atom stereocenters. The van der Waals surface area contributed by atoms with Crippen molar-refractivity contribution in [3.05, 3.63) is 77.4 Å². The van der Waals surface area contributed by atoms with Crippen LogP contribution in [0.3, 0.4) is 0 Å². The molecule has 0 unspecified atom stereocenters. The topological polar surface area (TPSA) is 133 Å². The van der Waals surface area contributed by atoms with Gasteiger partial charge in [-0.05, 0) is 29.3 Å². The van der Waals surface area contributed by atoms with Gasteiger partial charge in [0.2, 0.25) is 0 Å². The van der Waals surface area contributed by atoms with E-state index in [1.54, 1.807) is 24.3 Å². The Bertz CT molecular complexity index is 977. The molecular weight excluding hydrogens is 389 g/mol. The van der Waals surface area contributed by atoms with Gasteiger partial charge in [-0.25, -0.2) is 0 Å². The van der Waals surface area contributed by atoms with Crippen molar-refractivity contribution in [3.63, 3.8) is 0 Å². The zero-order valence-electron chi connectivity index (χ0n) is 15.0. The maximum atomic E-state index is 11.8. The van der Waals surface area contributed by atoms with Gasteiger partial charge in [0.15, 0.2) is 0 Å². The van der Waals surface area contributed by atoms with E-state index in [4.69, 9.17) is 4.55 Å². The van der Waals surface area contributed by atoms with Crippen molar-refractivity contribution >= 4 is 32.4 Å². The van der Waals surface area contributed by atoms with Gasteiger partial charge in [0.05, 0.1) is 5.41 Å². The van der Waals surface area contributed by atoms with E-state index in [2.05, 4.69) is 4.18 Å². The first kappa shape index (κ1) is 24.5. The van der Waals surface area contributed by atoms with E-state index in [1.807, 2.05) is 6.07 Å². The Morgan fingerprint density at radius 1 is 0.885 bits per heavy atom. The van der Waals surface area contributed by atoms with Crippen LogP contribution in [-0.4, -0.2) is 21.4 Å². The Kier molecular flexibility index (Phi) is 10.0. The van der Waals surface area contributed by atoms with Gasteiger partial charge in [-0.2, -0.15) is 16.8 Å². The second-order valence-electron chi connectivity index (χ2n) is 4.62. The van der Waals surface area contributed by atoms with Crippen LogP contribution in [0.4, 0.5) is 0 Å². The minimum Gasteiger partial charge on any atom is -1.00 e. The summed E-state index contributed by atoms with van der Waals surface area (Å²) in [6.07, 6.45) is 3.52. The zero-order valence-corrected chi connectivity index (χ0v) is 17.7. The third-order valence-corrected chi connectivity index (χ3v) is 4.64. The third-order valence-electron chi connectivity index (χ3n) is 2.86. The van der Waals surface area contributed by atoms with Crippen LogP contribution in [-0.2, 0) is 24.4 Å². The molecule has 4 N–H and O–H groups in total. The van der Waals surface area contributed by atoms with Crippen LogP contribution >= 0.6 is 0 Å². The molecule has 0 radical (unpaired) electrons. The summed E-state index contributed by atoms with van der Waals surface area (Å²) in [5.74, 6) is 0. The van der Waals surface area contributed by atoms with Crippen molar-refractivity contribution in [1.82, 2.24) is 6.15 Å². The monoisotopic (exact) mass is 407 g/mol. The SMILES string of the molecule is N.O=S(=O)(C=Cc1ccccc1S(=O)(=O)O)OC=Cc1ccccc1.[H-].[Na+]. The summed E-state index contributed by atoms with van der Waals surface area (Å²) in [4.78, 5) is -0.392. The molecule has 0 aliphatic heterocycles. The Morgan fingerprint density at radius 2 is 1.46 bits per heavy atom. The summed E-state index contributed by atoms with van der Waals surface area (Å²) in [5, 5.41) is 0.715. The molecule has 10 heteroatoms. The molecule has 0 bridgehead atoms. The van der Waals surface area contributed by atoms with Gasteiger partial charge in [-0.3, -0.25) is 4.55 Å². The van der Waals surface area contributed by atoms with E-state index in [0.29, 0.717) is 5.41 Å². The molecule has 2 rings (SSSR count). The van der Waals surface area contributed by atoms with E-state index in [0.717, 1.165) is 24.0 Å². The normalized spacial score (nSPS) is 11.7. The molecule has 0 saturated carbocycles. The standard InChI is InChI=1S/C16H14O6S2.H3N.Na.H/c17-23(18,22-12-10-14-6-2-1-3-7-14)13-11-15-8-4-5-9-16(15)24(19,20)21;;;/h1-13H,(H,19,20,21);1H3;;/q;;+1;-1. The van der Waals surface area contributed by atoms with Crippen LogP contribution in [0.15, 0.2) is 71.2 Å².